The summed E-state index contributed by atoms with van der Waals surface area (Å²) in [7, 11) is -3.58. The highest BCUT2D eigenvalue weighted by Gasteiger charge is 2.40. The molecule has 4 nitrogen and oxygen atoms in total. The van der Waals surface area contributed by atoms with Gasteiger partial charge < -0.3 is 4.74 Å². The molecule has 0 bridgehead atoms. The minimum Gasteiger partial charge on any atom is -0.492 e. The van der Waals surface area contributed by atoms with E-state index in [1.54, 1.807) is 6.92 Å². The predicted octanol–water partition coefficient (Wildman–Crippen LogP) is 3.40. The number of ketones is 1. The smallest absolute Gasteiger partial charge is 0.185 e. The predicted molar refractivity (Wildman–Crippen MR) is 80.9 cm³/mol. The maximum Gasteiger partial charge on any atom is 0.185 e. The average molecular weight is 339 g/mol. The quantitative estimate of drug-likeness (QED) is 0.772. The van der Waals surface area contributed by atoms with Gasteiger partial charge in [0.25, 0.3) is 0 Å². The molecular formula is C13H16Cl2O4S. The molecule has 1 rings (SSSR count). The summed E-state index contributed by atoms with van der Waals surface area (Å²) >= 11 is 12.0. The van der Waals surface area contributed by atoms with E-state index in [1.807, 2.05) is 0 Å². The molecule has 0 aliphatic rings. The first-order valence-electron chi connectivity index (χ1n) is 5.88. The maximum atomic E-state index is 12.4. The number of carbonyl (C=O) groups excluding carboxylic acids is 1. The lowest BCUT2D eigenvalue weighted by molar-refractivity contribution is 0.0954. The number of sulfone groups is 1. The molecule has 0 spiro atoms. The second-order valence-corrected chi connectivity index (χ2v) is 8.19. The van der Waals surface area contributed by atoms with Gasteiger partial charge in [0.2, 0.25) is 0 Å². The van der Waals surface area contributed by atoms with Gasteiger partial charge in [0.1, 0.15) is 10.5 Å². The van der Waals surface area contributed by atoms with Gasteiger partial charge in [-0.2, -0.15) is 0 Å². The Hall–Kier alpha value is -0.780. The highest BCUT2D eigenvalue weighted by atomic mass is 35.5. The third-order valence-corrected chi connectivity index (χ3v) is 5.69. The molecule has 0 amide bonds. The minimum absolute atomic E-state index is 0.0653. The Bertz CT molecular complexity index is 636. The first kappa shape index (κ1) is 17.3. The topological polar surface area (TPSA) is 60.4 Å². The van der Waals surface area contributed by atoms with E-state index < -0.39 is 20.4 Å². The lowest BCUT2D eigenvalue weighted by atomic mass is 10.00. The molecule has 0 atom stereocenters. The van der Waals surface area contributed by atoms with Crippen molar-refractivity contribution in [3.05, 3.63) is 27.7 Å². The van der Waals surface area contributed by atoms with Crippen LogP contribution in [-0.4, -0.2) is 31.8 Å². The van der Waals surface area contributed by atoms with E-state index in [-0.39, 0.29) is 15.6 Å². The van der Waals surface area contributed by atoms with Crippen molar-refractivity contribution >= 4 is 38.8 Å². The van der Waals surface area contributed by atoms with E-state index in [0.717, 1.165) is 6.26 Å². The Morgan fingerprint density at radius 1 is 1.25 bits per heavy atom. The van der Waals surface area contributed by atoms with Gasteiger partial charge in [-0.25, -0.2) is 8.42 Å². The molecule has 0 radical (unpaired) electrons. The molecule has 112 valence electrons. The fourth-order valence-corrected chi connectivity index (χ4v) is 2.37. The molecule has 0 fully saturated rings. The zero-order chi connectivity index (χ0) is 15.7. The molecule has 0 aromatic heterocycles. The fourth-order valence-electron chi connectivity index (χ4n) is 1.46. The van der Waals surface area contributed by atoms with Crippen molar-refractivity contribution in [3.63, 3.8) is 0 Å². The Balaban J connectivity index is 3.35. The normalized spacial score (nSPS) is 12.3. The van der Waals surface area contributed by atoms with Crippen LogP contribution in [0, 0.1) is 0 Å². The van der Waals surface area contributed by atoms with Gasteiger partial charge in [-0.05, 0) is 26.8 Å². The number of benzene rings is 1. The molecule has 0 N–H and O–H groups in total. The van der Waals surface area contributed by atoms with E-state index in [2.05, 4.69) is 0 Å². The summed E-state index contributed by atoms with van der Waals surface area (Å²) in [6.45, 7) is 4.87. The number of rotatable bonds is 5. The summed E-state index contributed by atoms with van der Waals surface area (Å²) < 4.78 is 27.1. The zero-order valence-corrected chi connectivity index (χ0v) is 14.0. The summed E-state index contributed by atoms with van der Waals surface area (Å²) in [6.07, 6.45) is 1.01. The van der Waals surface area contributed by atoms with Gasteiger partial charge >= 0.3 is 0 Å². The molecule has 0 saturated carbocycles. The monoisotopic (exact) mass is 338 g/mol. The van der Waals surface area contributed by atoms with E-state index in [0.29, 0.717) is 12.4 Å². The first-order chi connectivity index (χ1) is 9.02. The number of ether oxygens (including phenoxy) is 1. The van der Waals surface area contributed by atoms with Crippen LogP contribution in [0.4, 0.5) is 0 Å². The summed E-state index contributed by atoms with van der Waals surface area (Å²) in [4.78, 5) is 12.4. The first-order valence-corrected chi connectivity index (χ1v) is 8.53. The van der Waals surface area contributed by atoms with Crippen LogP contribution in [-0.2, 0) is 9.84 Å². The van der Waals surface area contributed by atoms with Crippen LogP contribution in [0.15, 0.2) is 12.1 Å². The fraction of sp³-hybridized carbons (Fsp3) is 0.462. The van der Waals surface area contributed by atoms with Gasteiger partial charge in [-0.1, -0.05) is 23.2 Å². The summed E-state index contributed by atoms with van der Waals surface area (Å²) in [6, 6.07) is 2.75. The largest absolute Gasteiger partial charge is 0.492 e. The Morgan fingerprint density at radius 2 is 1.80 bits per heavy atom. The molecule has 0 aliphatic heterocycles. The second-order valence-electron chi connectivity index (χ2n) is 4.81. The Kier molecular flexibility index (Phi) is 5.11. The molecule has 1 aromatic carbocycles. The third kappa shape index (κ3) is 3.27. The molecule has 1 aromatic rings. The van der Waals surface area contributed by atoms with Crippen LogP contribution < -0.4 is 4.74 Å². The van der Waals surface area contributed by atoms with Crippen molar-refractivity contribution in [1.82, 2.24) is 0 Å². The molecule has 0 unspecified atom stereocenters. The van der Waals surface area contributed by atoms with Crippen LogP contribution in [0.25, 0.3) is 0 Å². The summed E-state index contributed by atoms with van der Waals surface area (Å²) in [5.74, 6) is -0.247. The maximum absolute atomic E-state index is 12.4. The van der Waals surface area contributed by atoms with Gasteiger partial charge in [0.05, 0.1) is 16.7 Å². The number of hydrogen-bond donors (Lipinski definition) is 0. The molecule has 20 heavy (non-hydrogen) atoms. The Morgan fingerprint density at radius 3 is 2.25 bits per heavy atom. The van der Waals surface area contributed by atoms with E-state index in [4.69, 9.17) is 27.9 Å². The number of halogens is 2. The van der Waals surface area contributed by atoms with E-state index in [1.165, 1.54) is 26.0 Å². The van der Waals surface area contributed by atoms with Crippen LogP contribution in [0.2, 0.25) is 10.0 Å². The van der Waals surface area contributed by atoms with Crippen LogP contribution in [0.1, 0.15) is 31.1 Å². The summed E-state index contributed by atoms with van der Waals surface area (Å²) in [5.41, 5.74) is 0.0653. The SMILES string of the molecule is CCOc1cc(Cl)c(C(=O)C(C)(C)S(C)(=O)=O)cc1Cl. The molecule has 0 saturated heterocycles. The second kappa shape index (κ2) is 5.92. The number of carbonyl (C=O) groups is 1. The average Bonchev–Trinajstić information content (AvgIpc) is 2.31. The van der Waals surface area contributed by atoms with Crippen molar-refractivity contribution < 1.29 is 17.9 Å². The lowest BCUT2D eigenvalue weighted by Gasteiger charge is -2.22. The van der Waals surface area contributed by atoms with Gasteiger partial charge in [0, 0.05) is 17.9 Å². The van der Waals surface area contributed by atoms with Crippen molar-refractivity contribution in [2.45, 2.75) is 25.5 Å². The highest BCUT2D eigenvalue weighted by molar-refractivity contribution is 7.92. The summed E-state index contributed by atoms with van der Waals surface area (Å²) in [5, 5.41) is 0.323. The third-order valence-electron chi connectivity index (χ3n) is 3.04. The van der Waals surface area contributed by atoms with E-state index >= 15 is 0 Å². The van der Waals surface area contributed by atoms with Gasteiger partial charge in [-0.3, -0.25) is 4.79 Å². The standard InChI is InChI=1S/C13H16Cl2O4S/c1-5-19-11-7-9(14)8(6-10(11)15)12(16)13(2,3)20(4,17)18/h6-7H,5H2,1-4H3. The van der Waals surface area contributed by atoms with Crippen LogP contribution in [0.3, 0.4) is 0 Å². The van der Waals surface area contributed by atoms with Gasteiger partial charge in [0.15, 0.2) is 15.6 Å². The zero-order valence-electron chi connectivity index (χ0n) is 11.7. The highest BCUT2D eigenvalue weighted by Crippen LogP contribution is 2.34. The van der Waals surface area contributed by atoms with E-state index in [9.17, 15) is 13.2 Å². The Labute approximate surface area is 128 Å². The number of hydrogen-bond acceptors (Lipinski definition) is 4. The molecule has 0 heterocycles. The van der Waals surface area contributed by atoms with Gasteiger partial charge in [-0.15, -0.1) is 0 Å². The minimum atomic E-state index is -3.58. The van der Waals surface area contributed by atoms with Crippen LogP contribution >= 0.6 is 23.2 Å². The lowest BCUT2D eigenvalue weighted by Crippen LogP contribution is -2.40. The van der Waals surface area contributed by atoms with Crippen molar-refractivity contribution in [2.24, 2.45) is 0 Å². The van der Waals surface area contributed by atoms with Crippen molar-refractivity contribution in [1.29, 1.82) is 0 Å². The molecule has 0 aliphatic carbocycles. The number of Topliss-reactive ketones (excluding diaryl/α,β-unsaturated/α-hetero) is 1. The van der Waals surface area contributed by atoms with Crippen LogP contribution in [0.5, 0.6) is 5.75 Å². The molecule has 7 heteroatoms. The molecular weight excluding hydrogens is 323 g/mol. The van der Waals surface area contributed by atoms with Crippen molar-refractivity contribution in [3.8, 4) is 5.75 Å². The van der Waals surface area contributed by atoms with Crippen molar-refractivity contribution in [2.75, 3.05) is 12.9 Å².